The van der Waals surface area contributed by atoms with Crippen LogP contribution < -0.4 is 4.90 Å². The highest BCUT2D eigenvalue weighted by molar-refractivity contribution is 6.34. The highest BCUT2D eigenvalue weighted by atomic mass is 35.5. The number of halogens is 1. The number of anilines is 1. The third-order valence-electron chi connectivity index (χ3n) is 9.00. The number of unbranched alkanes of at least 4 members (excludes halogenated alkanes) is 1. The van der Waals surface area contributed by atoms with Crippen LogP contribution in [0.1, 0.15) is 46.5 Å². The molecule has 3 unspecified atom stereocenters. The van der Waals surface area contributed by atoms with Crippen molar-refractivity contribution in [1.29, 1.82) is 0 Å². The zero-order chi connectivity index (χ0) is 29.2. The van der Waals surface area contributed by atoms with Gasteiger partial charge in [0.1, 0.15) is 11.6 Å². The number of para-hydroxylation sites is 1. The first-order chi connectivity index (χ1) is 19.1. The van der Waals surface area contributed by atoms with Crippen molar-refractivity contribution in [2.75, 3.05) is 37.7 Å². The standard InChI is InChI=1S/C31H42ClN3O5/c1-6-15-33(16-7-2)27(37)24-25-28(38)35(18-11-12-19-36)26(31(25)20-21(4)30(24,5)40-31)29(39)34(17-8-3)23-14-10-9-13-22(23)32/h6,8-10,13-14,21,24-26,36H,1,3,7,11-12,15-20H2,2,4-5H3/t21?,24-,25-,26?,30+,31?/m0/s1. The molecular formula is C31H42ClN3O5. The van der Waals surface area contributed by atoms with E-state index in [1.807, 2.05) is 26.8 Å². The van der Waals surface area contributed by atoms with Crippen LogP contribution >= 0.6 is 11.6 Å². The van der Waals surface area contributed by atoms with Gasteiger partial charge < -0.3 is 24.5 Å². The molecule has 3 heterocycles. The summed E-state index contributed by atoms with van der Waals surface area (Å²) < 4.78 is 6.87. The Morgan fingerprint density at radius 3 is 2.52 bits per heavy atom. The molecule has 3 aliphatic heterocycles. The van der Waals surface area contributed by atoms with Crippen LogP contribution in [0.15, 0.2) is 49.6 Å². The second kappa shape index (κ2) is 12.0. The maximum Gasteiger partial charge on any atom is 0.253 e. The summed E-state index contributed by atoms with van der Waals surface area (Å²) in [5.74, 6) is -2.24. The molecule has 0 aromatic heterocycles. The van der Waals surface area contributed by atoms with Crippen LogP contribution in [-0.4, -0.2) is 82.7 Å². The van der Waals surface area contributed by atoms with Crippen LogP contribution in [0.25, 0.3) is 0 Å². The average Bonchev–Trinajstić information content (AvgIpc) is 3.43. The molecule has 3 amide bonds. The summed E-state index contributed by atoms with van der Waals surface area (Å²) >= 11 is 6.54. The van der Waals surface area contributed by atoms with E-state index >= 15 is 0 Å². The van der Waals surface area contributed by atoms with Crippen LogP contribution in [-0.2, 0) is 19.1 Å². The summed E-state index contributed by atoms with van der Waals surface area (Å²) in [4.78, 5) is 48.0. The molecule has 2 bridgehead atoms. The minimum absolute atomic E-state index is 0.0162. The number of likely N-dealkylation sites (tertiary alicyclic amines) is 1. The first-order valence-electron chi connectivity index (χ1n) is 14.3. The normalized spacial score (nSPS) is 30.3. The highest BCUT2D eigenvalue weighted by Gasteiger charge is 2.80. The molecule has 3 aliphatic rings. The van der Waals surface area contributed by atoms with Crippen molar-refractivity contribution < 1.29 is 24.2 Å². The van der Waals surface area contributed by atoms with Gasteiger partial charge in [0.2, 0.25) is 11.8 Å². The molecule has 3 saturated heterocycles. The Labute approximate surface area is 242 Å². The zero-order valence-corrected chi connectivity index (χ0v) is 24.6. The average molecular weight is 572 g/mol. The van der Waals surface area contributed by atoms with E-state index in [0.29, 0.717) is 43.1 Å². The van der Waals surface area contributed by atoms with Gasteiger partial charge in [-0.05, 0) is 50.7 Å². The van der Waals surface area contributed by atoms with Crippen molar-refractivity contribution in [3.63, 3.8) is 0 Å². The van der Waals surface area contributed by atoms with E-state index in [2.05, 4.69) is 13.2 Å². The number of carbonyl (C=O) groups excluding carboxylic acids is 3. The third kappa shape index (κ3) is 4.78. The van der Waals surface area contributed by atoms with Gasteiger partial charge >= 0.3 is 0 Å². The molecule has 4 rings (SSSR count). The number of nitrogens with zero attached hydrogens (tertiary/aromatic N) is 3. The monoisotopic (exact) mass is 571 g/mol. The van der Waals surface area contributed by atoms with E-state index in [9.17, 15) is 19.5 Å². The summed E-state index contributed by atoms with van der Waals surface area (Å²) in [5, 5.41) is 9.85. The molecule has 1 spiro atoms. The lowest BCUT2D eigenvalue weighted by Crippen LogP contribution is -2.57. The Morgan fingerprint density at radius 2 is 1.90 bits per heavy atom. The van der Waals surface area contributed by atoms with Gasteiger partial charge in [-0.3, -0.25) is 14.4 Å². The molecule has 6 atom stereocenters. The van der Waals surface area contributed by atoms with Crippen molar-refractivity contribution in [3.8, 4) is 0 Å². The molecule has 1 N–H and O–H groups in total. The lowest BCUT2D eigenvalue weighted by Gasteiger charge is -2.39. The van der Waals surface area contributed by atoms with Crippen LogP contribution in [0, 0.1) is 17.8 Å². The van der Waals surface area contributed by atoms with E-state index in [0.717, 1.165) is 6.42 Å². The summed E-state index contributed by atoms with van der Waals surface area (Å²) in [5.41, 5.74) is -1.53. The van der Waals surface area contributed by atoms with E-state index < -0.39 is 29.1 Å². The van der Waals surface area contributed by atoms with Gasteiger partial charge in [0.05, 0.1) is 28.1 Å². The van der Waals surface area contributed by atoms with E-state index in [1.54, 1.807) is 45.1 Å². The molecule has 8 nitrogen and oxygen atoms in total. The van der Waals surface area contributed by atoms with Crippen molar-refractivity contribution in [2.45, 2.75) is 63.7 Å². The number of rotatable bonds is 13. The maximum atomic E-state index is 14.6. The van der Waals surface area contributed by atoms with Gasteiger partial charge in [0.15, 0.2) is 0 Å². The lowest BCUT2D eigenvalue weighted by atomic mass is 9.62. The van der Waals surface area contributed by atoms with E-state index in [4.69, 9.17) is 16.3 Å². The van der Waals surface area contributed by atoms with Crippen LogP contribution in [0.2, 0.25) is 5.02 Å². The predicted octanol–water partition coefficient (Wildman–Crippen LogP) is 4.07. The molecule has 40 heavy (non-hydrogen) atoms. The molecular weight excluding hydrogens is 530 g/mol. The second-order valence-electron chi connectivity index (χ2n) is 11.4. The first kappa shape index (κ1) is 30.3. The summed E-state index contributed by atoms with van der Waals surface area (Å²) in [6.07, 6.45) is 5.59. The van der Waals surface area contributed by atoms with Gasteiger partial charge in [-0.2, -0.15) is 0 Å². The largest absolute Gasteiger partial charge is 0.396 e. The SMILES string of the molecule is C=CCN(CCC)C(=O)[C@@H]1[C@H]2C(=O)N(CCCCO)C(C(=O)N(CC=C)c3ccccc3Cl)C23CC(C)[C@@]1(C)O3. The number of hydrogen-bond acceptors (Lipinski definition) is 5. The van der Waals surface area contributed by atoms with Crippen LogP contribution in [0.4, 0.5) is 5.69 Å². The maximum absolute atomic E-state index is 14.6. The zero-order valence-electron chi connectivity index (χ0n) is 23.9. The Hall–Kier alpha value is -2.68. The van der Waals surface area contributed by atoms with Crippen molar-refractivity contribution in [3.05, 3.63) is 54.6 Å². The number of fused-ring (bicyclic) bond motifs is 1. The van der Waals surface area contributed by atoms with Crippen molar-refractivity contribution in [1.82, 2.24) is 9.80 Å². The summed E-state index contributed by atoms with van der Waals surface area (Å²) in [6.45, 7) is 15.0. The Kier molecular flexibility index (Phi) is 9.12. The number of amides is 3. The molecule has 0 saturated carbocycles. The fourth-order valence-corrected chi connectivity index (χ4v) is 7.43. The molecule has 3 fully saturated rings. The molecule has 9 heteroatoms. The topological polar surface area (TPSA) is 90.4 Å². The molecule has 218 valence electrons. The quantitative estimate of drug-likeness (QED) is 0.285. The molecule has 1 aromatic rings. The van der Waals surface area contributed by atoms with Crippen LogP contribution in [0.3, 0.4) is 0 Å². The Bertz CT molecular complexity index is 1160. The minimum Gasteiger partial charge on any atom is -0.396 e. The van der Waals surface area contributed by atoms with Crippen molar-refractivity contribution in [2.24, 2.45) is 17.8 Å². The number of ether oxygens (including phenoxy) is 1. The fraction of sp³-hybridized carbons (Fsp3) is 0.581. The van der Waals surface area contributed by atoms with Gasteiger partial charge in [0, 0.05) is 32.8 Å². The minimum atomic E-state index is -1.16. The van der Waals surface area contributed by atoms with Gasteiger partial charge in [-0.25, -0.2) is 0 Å². The first-order valence-corrected chi connectivity index (χ1v) is 14.7. The lowest BCUT2D eigenvalue weighted by molar-refractivity contribution is -0.151. The number of benzene rings is 1. The van der Waals surface area contributed by atoms with Gasteiger partial charge in [-0.15, -0.1) is 13.2 Å². The smallest absolute Gasteiger partial charge is 0.253 e. The van der Waals surface area contributed by atoms with E-state index in [1.165, 1.54) is 0 Å². The fourth-order valence-electron chi connectivity index (χ4n) is 7.20. The summed E-state index contributed by atoms with van der Waals surface area (Å²) in [6, 6.07) is 6.15. The summed E-state index contributed by atoms with van der Waals surface area (Å²) in [7, 11) is 0. The highest BCUT2D eigenvalue weighted by Crippen LogP contribution is 2.65. The predicted molar refractivity (Wildman–Crippen MR) is 156 cm³/mol. The number of aliphatic hydroxyl groups excluding tert-OH is 1. The Balaban J connectivity index is 1.83. The molecule has 0 aliphatic carbocycles. The van der Waals surface area contributed by atoms with Gasteiger partial charge in [-0.1, -0.05) is 49.7 Å². The van der Waals surface area contributed by atoms with E-state index in [-0.39, 0.29) is 43.3 Å². The van der Waals surface area contributed by atoms with Crippen LogP contribution in [0.5, 0.6) is 0 Å². The Morgan fingerprint density at radius 1 is 1.20 bits per heavy atom. The molecule has 0 radical (unpaired) electrons. The number of aliphatic hydroxyl groups is 1. The van der Waals surface area contributed by atoms with Gasteiger partial charge in [0.25, 0.3) is 5.91 Å². The number of hydrogen-bond donors (Lipinski definition) is 1. The van der Waals surface area contributed by atoms with Crippen molar-refractivity contribution >= 4 is 35.0 Å². The second-order valence-corrected chi connectivity index (χ2v) is 11.8. The third-order valence-corrected chi connectivity index (χ3v) is 9.32. The molecule has 1 aromatic carbocycles. The number of carbonyl (C=O) groups is 3.